The molecule has 0 bridgehead atoms. The predicted molar refractivity (Wildman–Crippen MR) is 59.3 cm³/mol. The van der Waals surface area contributed by atoms with Crippen LogP contribution in [0, 0.1) is 5.92 Å². The van der Waals surface area contributed by atoms with Crippen LogP contribution in [0.3, 0.4) is 0 Å². The molecule has 2 unspecified atom stereocenters. The number of likely N-dealkylation sites (tertiary alicyclic amines) is 1. The van der Waals surface area contributed by atoms with Crippen LogP contribution >= 0.6 is 0 Å². The van der Waals surface area contributed by atoms with Crippen molar-refractivity contribution in [3.05, 3.63) is 0 Å². The van der Waals surface area contributed by atoms with Gasteiger partial charge in [-0.25, -0.2) is 0 Å². The summed E-state index contributed by atoms with van der Waals surface area (Å²) in [7, 11) is 0. The van der Waals surface area contributed by atoms with Crippen molar-refractivity contribution in [3.8, 4) is 0 Å². The lowest BCUT2D eigenvalue weighted by atomic mass is 9.97. The molecule has 2 heteroatoms. The molecule has 0 aromatic heterocycles. The standard InChI is InChI=1S/C12H23NO/c1-4-10(2)9-13-8-6-5-7-12(13)11(3)14/h10,12H,4-9H2,1-3H3. The Balaban J connectivity index is 2.49. The molecule has 1 rings (SSSR count). The molecule has 1 aliphatic heterocycles. The summed E-state index contributed by atoms with van der Waals surface area (Å²) in [6.07, 6.45) is 4.77. The number of hydrogen-bond acceptors (Lipinski definition) is 2. The highest BCUT2D eigenvalue weighted by molar-refractivity contribution is 5.81. The van der Waals surface area contributed by atoms with Gasteiger partial charge in [0, 0.05) is 6.54 Å². The van der Waals surface area contributed by atoms with Gasteiger partial charge in [0.25, 0.3) is 0 Å². The lowest BCUT2D eigenvalue weighted by Crippen LogP contribution is -2.45. The fraction of sp³-hybridized carbons (Fsp3) is 0.917. The van der Waals surface area contributed by atoms with Crippen molar-refractivity contribution < 1.29 is 4.79 Å². The van der Waals surface area contributed by atoms with Crippen molar-refractivity contribution >= 4 is 5.78 Å². The predicted octanol–water partition coefficient (Wildman–Crippen LogP) is 2.48. The van der Waals surface area contributed by atoms with Gasteiger partial charge >= 0.3 is 0 Å². The van der Waals surface area contributed by atoms with Crippen molar-refractivity contribution in [3.63, 3.8) is 0 Å². The normalized spacial score (nSPS) is 26.1. The quantitative estimate of drug-likeness (QED) is 0.690. The van der Waals surface area contributed by atoms with Gasteiger partial charge in [-0.3, -0.25) is 9.69 Å². The topological polar surface area (TPSA) is 20.3 Å². The Hall–Kier alpha value is -0.370. The van der Waals surface area contributed by atoms with Crippen LogP contribution in [0.1, 0.15) is 46.5 Å². The summed E-state index contributed by atoms with van der Waals surface area (Å²) in [6.45, 7) is 8.44. The average molecular weight is 197 g/mol. The molecule has 82 valence electrons. The second-order valence-corrected chi connectivity index (χ2v) is 4.63. The van der Waals surface area contributed by atoms with Crippen molar-refractivity contribution in [1.82, 2.24) is 4.90 Å². The summed E-state index contributed by atoms with van der Waals surface area (Å²) in [5.41, 5.74) is 0. The molecule has 0 saturated carbocycles. The second kappa shape index (κ2) is 5.50. The van der Waals surface area contributed by atoms with E-state index in [1.54, 1.807) is 6.92 Å². The third kappa shape index (κ3) is 3.09. The molecule has 1 aliphatic rings. The van der Waals surface area contributed by atoms with Gasteiger partial charge in [-0.1, -0.05) is 26.7 Å². The highest BCUT2D eigenvalue weighted by Crippen LogP contribution is 2.19. The van der Waals surface area contributed by atoms with Crippen molar-refractivity contribution in [2.24, 2.45) is 5.92 Å². The van der Waals surface area contributed by atoms with Crippen LogP contribution in [0.25, 0.3) is 0 Å². The third-order valence-corrected chi connectivity index (χ3v) is 3.33. The summed E-state index contributed by atoms with van der Waals surface area (Å²) in [6, 6.07) is 0.220. The van der Waals surface area contributed by atoms with Crippen LogP contribution in [0.5, 0.6) is 0 Å². The number of hydrogen-bond donors (Lipinski definition) is 0. The molecule has 2 nitrogen and oxygen atoms in total. The van der Waals surface area contributed by atoms with E-state index >= 15 is 0 Å². The smallest absolute Gasteiger partial charge is 0.146 e. The van der Waals surface area contributed by atoms with Crippen LogP contribution < -0.4 is 0 Å². The largest absolute Gasteiger partial charge is 0.298 e. The van der Waals surface area contributed by atoms with Crippen molar-refractivity contribution in [2.75, 3.05) is 13.1 Å². The minimum absolute atomic E-state index is 0.220. The van der Waals surface area contributed by atoms with Gasteiger partial charge in [0.15, 0.2) is 0 Å². The first-order valence-electron chi connectivity index (χ1n) is 5.89. The number of piperidine rings is 1. The van der Waals surface area contributed by atoms with Crippen LogP contribution in [0.2, 0.25) is 0 Å². The van der Waals surface area contributed by atoms with E-state index in [1.165, 1.54) is 19.3 Å². The summed E-state index contributed by atoms with van der Waals surface area (Å²) >= 11 is 0. The molecular weight excluding hydrogens is 174 g/mol. The molecule has 0 N–H and O–H groups in total. The van der Waals surface area contributed by atoms with E-state index < -0.39 is 0 Å². The lowest BCUT2D eigenvalue weighted by molar-refractivity contribution is -0.123. The van der Waals surface area contributed by atoms with E-state index in [0.717, 1.165) is 25.4 Å². The molecule has 1 fully saturated rings. The summed E-state index contributed by atoms with van der Waals surface area (Å²) in [5.74, 6) is 1.07. The SMILES string of the molecule is CCC(C)CN1CCCCC1C(C)=O. The zero-order chi connectivity index (χ0) is 10.6. The Kier molecular flexibility index (Phi) is 4.59. The highest BCUT2D eigenvalue weighted by Gasteiger charge is 2.26. The maximum atomic E-state index is 11.4. The molecule has 1 heterocycles. The highest BCUT2D eigenvalue weighted by atomic mass is 16.1. The second-order valence-electron chi connectivity index (χ2n) is 4.63. The summed E-state index contributed by atoms with van der Waals surface area (Å²) < 4.78 is 0. The first kappa shape index (κ1) is 11.7. The van der Waals surface area contributed by atoms with Crippen molar-refractivity contribution in [1.29, 1.82) is 0 Å². The molecule has 1 saturated heterocycles. The number of carbonyl (C=O) groups is 1. The Bertz CT molecular complexity index is 191. The number of rotatable bonds is 4. The first-order chi connectivity index (χ1) is 6.65. The van der Waals surface area contributed by atoms with Gasteiger partial charge in [0.2, 0.25) is 0 Å². The molecule has 2 atom stereocenters. The molecular formula is C12H23NO. The van der Waals surface area contributed by atoms with Crippen molar-refractivity contribution in [2.45, 2.75) is 52.5 Å². The maximum absolute atomic E-state index is 11.4. The van der Waals surface area contributed by atoms with E-state index in [1.807, 2.05) is 0 Å². The maximum Gasteiger partial charge on any atom is 0.146 e. The van der Waals surface area contributed by atoms with Crippen LogP contribution in [0.15, 0.2) is 0 Å². The fourth-order valence-corrected chi connectivity index (χ4v) is 2.20. The minimum atomic E-state index is 0.220. The van der Waals surface area contributed by atoms with Gasteiger partial charge in [0.05, 0.1) is 6.04 Å². The van der Waals surface area contributed by atoms with E-state index in [0.29, 0.717) is 5.78 Å². The van der Waals surface area contributed by atoms with Gasteiger partial charge in [-0.2, -0.15) is 0 Å². The molecule has 0 radical (unpaired) electrons. The van der Waals surface area contributed by atoms with Gasteiger partial charge < -0.3 is 0 Å². The molecule has 0 aromatic carbocycles. The monoisotopic (exact) mass is 197 g/mol. The zero-order valence-corrected chi connectivity index (χ0v) is 9.75. The molecule has 14 heavy (non-hydrogen) atoms. The Morgan fingerprint density at radius 1 is 1.50 bits per heavy atom. The van der Waals surface area contributed by atoms with Crippen LogP contribution in [-0.2, 0) is 4.79 Å². The number of ketones is 1. The average Bonchev–Trinajstić information content (AvgIpc) is 2.18. The number of nitrogens with zero attached hydrogens (tertiary/aromatic N) is 1. The van der Waals surface area contributed by atoms with Crippen LogP contribution in [0.4, 0.5) is 0 Å². The van der Waals surface area contributed by atoms with Crippen LogP contribution in [-0.4, -0.2) is 29.8 Å². The fourth-order valence-electron chi connectivity index (χ4n) is 2.20. The molecule has 0 aromatic rings. The lowest BCUT2D eigenvalue weighted by Gasteiger charge is -2.35. The third-order valence-electron chi connectivity index (χ3n) is 3.33. The Morgan fingerprint density at radius 3 is 2.79 bits per heavy atom. The minimum Gasteiger partial charge on any atom is -0.298 e. The first-order valence-corrected chi connectivity index (χ1v) is 5.89. The van der Waals surface area contributed by atoms with E-state index in [2.05, 4.69) is 18.7 Å². The zero-order valence-electron chi connectivity index (χ0n) is 9.75. The molecule has 0 spiro atoms. The summed E-state index contributed by atoms with van der Waals surface area (Å²) in [5, 5.41) is 0. The van der Waals surface area contributed by atoms with E-state index in [-0.39, 0.29) is 6.04 Å². The molecule has 0 aliphatic carbocycles. The number of Topliss-reactive ketones (excluding diaryl/α,β-unsaturated/α-hetero) is 1. The number of carbonyl (C=O) groups excluding carboxylic acids is 1. The van der Waals surface area contributed by atoms with Gasteiger partial charge in [-0.05, 0) is 32.2 Å². The van der Waals surface area contributed by atoms with Gasteiger partial charge in [0.1, 0.15) is 5.78 Å². The summed E-state index contributed by atoms with van der Waals surface area (Å²) in [4.78, 5) is 13.8. The van der Waals surface area contributed by atoms with E-state index in [4.69, 9.17) is 0 Å². The van der Waals surface area contributed by atoms with E-state index in [9.17, 15) is 4.79 Å². The Morgan fingerprint density at radius 2 is 2.21 bits per heavy atom. The molecule has 0 amide bonds. The Labute approximate surface area is 87.7 Å². The van der Waals surface area contributed by atoms with Gasteiger partial charge in [-0.15, -0.1) is 0 Å².